The summed E-state index contributed by atoms with van der Waals surface area (Å²) >= 11 is 0. The van der Waals surface area contributed by atoms with E-state index in [1.807, 2.05) is 0 Å². The Kier molecular flexibility index (Phi) is 4.56. The highest BCUT2D eigenvalue weighted by molar-refractivity contribution is 6.08. The van der Waals surface area contributed by atoms with Crippen molar-refractivity contribution >= 4 is 23.6 Å². The number of hydrogen-bond donors (Lipinski definition) is 0. The van der Waals surface area contributed by atoms with Gasteiger partial charge in [-0.1, -0.05) is 31.5 Å². The lowest BCUT2D eigenvalue weighted by molar-refractivity contribution is -0.137. The topological polar surface area (TPSA) is 59.5 Å². The minimum atomic E-state index is -0.446. The Morgan fingerprint density at radius 1 is 1.18 bits per heavy atom. The summed E-state index contributed by atoms with van der Waals surface area (Å²) in [4.78, 5) is 38.1. The molecule has 3 aliphatic heterocycles. The number of aliphatic imine (C=N–C) groups is 1. The monoisotopic (exact) mass is 383 g/mol. The molecule has 2 saturated heterocycles. The van der Waals surface area contributed by atoms with E-state index in [1.165, 1.54) is 16.0 Å². The Bertz CT molecular complexity index is 849. The smallest absolute Gasteiger partial charge is 0.325 e. The largest absolute Gasteiger partial charge is 0.328 e. The maximum atomic E-state index is 13.2. The summed E-state index contributed by atoms with van der Waals surface area (Å²) in [5.74, 6) is 1.13. The Morgan fingerprint density at radius 3 is 2.61 bits per heavy atom. The number of imide groups is 1. The zero-order valence-electron chi connectivity index (χ0n) is 17.3. The van der Waals surface area contributed by atoms with Gasteiger partial charge in [-0.25, -0.2) is 9.79 Å². The number of carbonyl (C=O) groups is 2. The Hall–Kier alpha value is -2.57. The van der Waals surface area contributed by atoms with Gasteiger partial charge in [-0.2, -0.15) is 0 Å². The molecule has 0 saturated carbocycles. The molecule has 0 aromatic heterocycles. The number of likely N-dealkylation sites (N-methyl/N-ethyl adjacent to an activating group) is 1. The van der Waals surface area contributed by atoms with Crippen LogP contribution in [-0.2, 0) is 4.79 Å². The van der Waals surface area contributed by atoms with Crippen LogP contribution in [0.2, 0.25) is 0 Å². The van der Waals surface area contributed by atoms with Crippen molar-refractivity contribution in [3.8, 4) is 0 Å². The van der Waals surface area contributed by atoms with Gasteiger partial charge in [0.05, 0.1) is 0 Å². The standard InChI is InChI=1S/C21H29N5O2/c1-13(2)8-9-26-19(27)17-18(23(5)21(26)28)22-20-24(10-11-25(17)20)16-7-6-14(3)12-15(16)4/h6-7,12-13,17-18H,8-11H2,1-5H3. The number of amides is 3. The second-order valence-electron chi connectivity index (χ2n) is 8.49. The van der Waals surface area contributed by atoms with Gasteiger partial charge in [-0.15, -0.1) is 0 Å². The maximum absolute atomic E-state index is 13.2. The van der Waals surface area contributed by atoms with Crippen LogP contribution in [0, 0.1) is 19.8 Å². The van der Waals surface area contributed by atoms with Crippen LogP contribution in [0.3, 0.4) is 0 Å². The van der Waals surface area contributed by atoms with E-state index in [-0.39, 0.29) is 11.9 Å². The molecule has 0 spiro atoms. The number of aryl methyl sites for hydroxylation is 2. The number of rotatable bonds is 4. The zero-order valence-corrected chi connectivity index (χ0v) is 17.3. The van der Waals surface area contributed by atoms with E-state index in [1.54, 1.807) is 11.9 Å². The van der Waals surface area contributed by atoms with Crippen LogP contribution in [0.1, 0.15) is 31.4 Å². The van der Waals surface area contributed by atoms with E-state index in [0.29, 0.717) is 12.5 Å². The summed E-state index contributed by atoms with van der Waals surface area (Å²) in [6.45, 7) is 10.4. The van der Waals surface area contributed by atoms with Crippen molar-refractivity contribution in [2.45, 2.75) is 46.3 Å². The Morgan fingerprint density at radius 2 is 1.93 bits per heavy atom. The minimum absolute atomic E-state index is 0.116. The average Bonchev–Trinajstić information content (AvgIpc) is 3.19. The summed E-state index contributed by atoms with van der Waals surface area (Å²) < 4.78 is 0. The zero-order chi connectivity index (χ0) is 20.2. The third-order valence-corrected chi connectivity index (χ3v) is 5.95. The number of benzene rings is 1. The molecule has 0 N–H and O–H groups in total. The molecule has 150 valence electrons. The summed E-state index contributed by atoms with van der Waals surface area (Å²) in [5.41, 5.74) is 3.53. The van der Waals surface area contributed by atoms with Crippen LogP contribution >= 0.6 is 0 Å². The molecule has 0 aliphatic carbocycles. The molecular weight excluding hydrogens is 354 g/mol. The first-order chi connectivity index (χ1) is 13.3. The number of guanidine groups is 1. The first-order valence-electron chi connectivity index (χ1n) is 10.1. The van der Waals surface area contributed by atoms with E-state index in [4.69, 9.17) is 4.99 Å². The van der Waals surface area contributed by atoms with Gasteiger partial charge in [0, 0.05) is 32.4 Å². The van der Waals surface area contributed by atoms with Gasteiger partial charge in [-0.05, 0) is 37.8 Å². The van der Waals surface area contributed by atoms with Crippen molar-refractivity contribution in [3.63, 3.8) is 0 Å². The van der Waals surface area contributed by atoms with Gasteiger partial charge in [0.25, 0.3) is 5.91 Å². The van der Waals surface area contributed by atoms with Crippen molar-refractivity contribution in [2.75, 3.05) is 31.6 Å². The van der Waals surface area contributed by atoms with Crippen molar-refractivity contribution in [2.24, 2.45) is 10.9 Å². The lowest BCUT2D eigenvalue weighted by Crippen LogP contribution is -2.64. The van der Waals surface area contributed by atoms with Gasteiger partial charge in [0.15, 0.2) is 12.2 Å². The molecule has 3 aliphatic rings. The molecule has 4 rings (SSSR count). The Labute approximate surface area is 166 Å². The van der Waals surface area contributed by atoms with Crippen molar-refractivity contribution in [3.05, 3.63) is 29.3 Å². The highest BCUT2D eigenvalue weighted by Gasteiger charge is 2.54. The fourth-order valence-electron chi connectivity index (χ4n) is 4.37. The van der Waals surface area contributed by atoms with Crippen LogP contribution in [0.5, 0.6) is 0 Å². The first kappa shape index (κ1) is 18.8. The van der Waals surface area contributed by atoms with Gasteiger partial charge < -0.3 is 14.7 Å². The van der Waals surface area contributed by atoms with Gasteiger partial charge >= 0.3 is 6.03 Å². The van der Waals surface area contributed by atoms with E-state index in [0.717, 1.165) is 31.2 Å². The molecule has 3 heterocycles. The number of anilines is 1. The van der Waals surface area contributed by atoms with Crippen LogP contribution in [0.15, 0.2) is 23.2 Å². The maximum Gasteiger partial charge on any atom is 0.328 e. The van der Waals surface area contributed by atoms with E-state index in [9.17, 15) is 9.59 Å². The first-order valence-corrected chi connectivity index (χ1v) is 10.1. The second-order valence-corrected chi connectivity index (χ2v) is 8.49. The van der Waals surface area contributed by atoms with E-state index >= 15 is 0 Å². The molecular formula is C21H29N5O2. The van der Waals surface area contributed by atoms with E-state index < -0.39 is 12.2 Å². The number of fused-ring (bicyclic) bond motifs is 3. The van der Waals surface area contributed by atoms with Gasteiger partial charge in [0.2, 0.25) is 5.96 Å². The van der Waals surface area contributed by atoms with Gasteiger partial charge in [-0.3, -0.25) is 9.69 Å². The molecule has 0 bridgehead atoms. The Balaban J connectivity index is 1.63. The molecule has 28 heavy (non-hydrogen) atoms. The average molecular weight is 383 g/mol. The number of carbonyl (C=O) groups excluding carboxylic acids is 2. The molecule has 2 fully saturated rings. The molecule has 0 radical (unpaired) electrons. The summed E-state index contributed by atoms with van der Waals surface area (Å²) in [6, 6.07) is 5.72. The van der Waals surface area contributed by atoms with Crippen LogP contribution < -0.4 is 4.90 Å². The molecule has 2 unspecified atom stereocenters. The summed E-state index contributed by atoms with van der Waals surface area (Å²) in [5, 5.41) is 0. The fourth-order valence-corrected chi connectivity index (χ4v) is 4.37. The fraction of sp³-hybridized carbons (Fsp3) is 0.571. The minimum Gasteiger partial charge on any atom is -0.325 e. The normalized spacial score (nSPS) is 24.3. The number of nitrogens with zero attached hydrogens (tertiary/aromatic N) is 5. The lowest BCUT2D eigenvalue weighted by atomic mass is 10.1. The lowest BCUT2D eigenvalue weighted by Gasteiger charge is -2.40. The predicted octanol–water partition coefficient (Wildman–Crippen LogP) is 2.43. The third kappa shape index (κ3) is 2.84. The molecule has 7 heteroatoms. The highest BCUT2D eigenvalue weighted by Crippen LogP contribution is 2.34. The predicted molar refractivity (Wildman–Crippen MR) is 109 cm³/mol. The van der Waals surface area contributed by atoms with E-state index in [2.05, 4.69) is 55.7 Å². The number of urea groups is 1. The van der Waals surface area contributed by atoms with Crippen molar-refractivity contribution < 1.29 is 9.59 Å². The highest BCUT2D eigenvalue weighted by atomic mass is 16.2. The summed E-state index contributed by atoms with van der Waals surface area (Å²) in [7, 11) is 1.75. The SMILES string of the molecule is Cc1ccc(N2CCN3C2=NC2C3C(=O)N(CCC(C)C)C(=O)N2C)c(C)c1. The van der Waals surface area contributed by atoms with Crippen molar-refractivity contribution in [1.82, 2.24) is 14.7 Å². The van der Waals surface area contributed by atoms with Crippen LogP contribution in [-0.4, -0.2) is 71.5 Å². The molecule has 7 nitrogen and oxygen atoms in total. The third-order valence-electron chi connectivity index (χ3n) is 5.95. The molecule has 3 amide bonds. The van der Waals surface area contributed by atoms with Crippen LogP contribution in [0.25, 0.3) is 0 Å². The summed E-state index contributed by atoms with van der Waals surface area (Å²) in [6.07, 6.45) is 0.365. The molecule has 1 aromatic carbocycles. The second kappa shape index (κ2) is 6.79. The van der Waals surface area contributed by atoms with Crippen LogP contribution in [0.4, 0.5) is 10.5 Å². The van der Waals surface area contributed by atoms with Crippen molar-refractivity contribution in [1.29, 1.82) is 0 Å². The quantitative estimate of drug-likeness (QED) is 0.801. The number of hydrogen-bond acceptors (Lipinski definition) is 5. The molecule has 2 atom stereocenters. The van der Waals surface area contributed by atoms with Gasteiger partial charge in [0.1, 0.15) is 0 Å². The molecule has 1 aromatic rings.